The van der Waals surface area contributed by atoms with Crippen LogP contribution in [0.15, 0.2) is 15.6 Å². The molecule has 0 atom stereocenters. The first-order chi connectivity index (χ1) is 13.5. The number of aromatic nitrogens is 3. The lowest BCUT2D eigenvalue weighted by molar-refractivity contribution is 0.169. The molecule has 9 heteroatoms. The zero-order valence-electron chi connectivity index (χ0n) is 18.2. The van der Waals surface area contributed by atoms with E-state index in [2.05, 4.69) is 44.2 Å². The van der Waals surface area contributed by atoms with E-state index in [1.165, 1.54) is 17.0 Å². The summed E-state index contributed by atoms with van der Waals surface area (Å²) in [4.78, 5) is 9.26. The molecule has 1 saturated heterocycles. The van der Waals surface area contributed by atoms with Gasteiger partial charge < -0.3 is 14.7 Å². The summed E-state index contributed by atoms with van der Waals surface area (Å²) in [6.07, 6.45) is 1.93. The van der Waals surface area contributed by atoms with Crippen molar-refractivity contribution in [1.29, 1.82) is 0 Å². The van der Waals surface area contributed by atoms with E-state index in [4.69, 9.17) is 4.52 Å². The fourth-order valence-corrected chi connectivity index (χ4v) is 3.93. The lowest BCUT2D eigenvalue weighted by atomic mass is 10.1. The van der Waals surface area contributed by atoms with Crippen LogP contribution in [-0.2, 0) is 33.0 Å². The smallest absolute Gasteiger partial charge is 0.194 e. The average molecular weight is 515 g/mol. The lowest BCUT2D eigenvalue weighted by Crippen LogP contribution is -2.52. The molecule has 2 aromatic heterocycles. The fourth-order valence-electron chi connectivity index (χ4n) is 3.93. The largest absolute Gasteiger partial charge is 0.361 e. The highest BCUT2D eigenvalue weighted by Gasteiger charge is 2.21. The number of rotatable bonds is 6. The maximum absolute atomic E-state index is 5.17. The third-order valence-corrected chi connectivity index (χ3v) is 5.40. The third-order valence-electron chi connectivity index (χ3n) is 5.40. The minimum atomic E-state index is 0. The van der Waals surface area contributed by atoms with Crippen LogP contribution in [0.25, 0.3) is 0 Å². The monoisotopic (exact) mass is 515 g/mol. The molecule has 2 aromatic rings. The van der Waals surface area contributed by atoms with Crippen molar-refractivity contribution in [2.45, 2.75) is 46.7 Å². The van der Waals surface area contributed by atoms with Gasteiger partial charge in [-0.2, -0.15) is 5.10 Å². The van der Waals surface area contributed by atoms with Crippen molar-refractivity contribution in [2.24, 2.45) is 12.0 Å². The molecule has 1 aliphatic heterocycles. The van der Waals surface area contributed by atoms with Crippen molar-refractivity contribution in [3.8, 4) is 0 Å². The molecule has 0 radical (unpaired) electrons. The fraction of sp³-hybridized carbons (Fsp3) is 0.650. The van der Waals surface area contributed by atoms with Gasteiger partial charge in [-0.1, -0.05) is 19.0 Å². The summed E-state index contributed by atoms with van der Waals surface area (Å²) < 4.78 is 7.19. The van der Waals surface area contributed by atoms with Gasteiger partial charge in [0, 0.05) is 70.7 Å². The number of hydrogen-bond acceptors (Lipinski definition) is 5. The van der Waals surface area contributed by atoms with E-state index in [0.29, 0.717) is 0 Å². The van der Waals surface area contributed by atoms with Crippen LogP contribution in [0.5, 0.6) is 0 Å². The molecule has 1 aliphatic rings. The van der Waals surface area contributed by atoms with Crippen molar-refractivity contribution >= 4 is 29.9 Å². The van der Waals surface area contributed by atoms with Gasteiger partial charge in [0.2, 0.25) is 0 Å². The van der Waals surface area contributed by atoms with Crippen molar-refractivity contribution in [3.05, 3.63) is 34.5 Å². The topological polar surface area (TPSA) is 74.7 Å². The number of nitrogens with one attached hydrogen (secondary N) is 1. The van der Waals surface area contributed by atoms with Crippen molar-refractivity contribution < 1.29 is 4.52 Å². The molecule has 0 aromatic carbocycles. The Bertz CT molecular complexity index is 806. The van der Waals surface area contributed by atoms with Crippen LogP contribution in [0.2, 0.25) is 0 Å². The Morgan fingerprint density at radius 1 is 1.21 bits per heavy atom. The molecular weight excluding hydrogens is 481 g/mol. The predicted molar refractivity (Wildman–Crippen MR) is 126 cm³/mol. The van der Waals surface area contributed by atoms with E-state index in [1.807, 2.05) is 31.8 Å². The number of aliphatic imine (C=N–C) groups is 1. The normalized spacial score (nSPS) is 15.5. The second-order valence-electron chi connectivity index (χ2n) is 7.30. The summed E-state index contributed by atoms with van der Waals surface area (Å²) >= 11 is 0. The summed E-state index contributed by atoms with van der Waals surface area (Å²) in [5.74, 6) is 1.83. The molecule has 3 heterocycles. The van der Waals surface area contributed by atoms with Crippen LogP contribution < -0.4 is 5.32 Å². The molecule has 0 bridgehead atoms. The zero-order valence-corrected chi connectivity index (χ0v) is 20.6. The highest BCUT2D eigenvalue weighted by molar-refractivity contribution is 14.0. The van der Waals surface area contributed by atoms with Gasteiger partial charge in [-0.15, -0.1) is 24.0 Å². The first-order valence-electron chi connectivity index (χ1n) is 10.2. The number of hydrogen-bond donors (Lipinski definition) is 1. The van der Waals surface area contributed by atoms with Crippen LogP contribution in [-0.4, -0.2) is 63.9 Å². The molecule has 0 amide bonds. The summed E-state index contributed by atoms with van der Waals surface area (Å²) in [7, 11) is 3.89. The molecule has 29 heavy (non-hydrogen) atoms. The summed E-state index contributed by atoms with van der Waals surface area (Å²) in [5, 5.41) is 12.3. The van der Waals surface area contributed by atoms with Gasteiger partial charge in [-0.05, 0) is 19.8 Å². The first kappa shape index (κ1) is 23.7. The molecule has 8 nitrogen and oxygen atoms in total. The highest BCUT2D eigenvalue weighted by Crippen LogP contribution is 2.16. The van der Waals surface area contributed by atoms with E-state index < -0.39 is 0 Å². The Labute approximate surface area is 190 Å². The molecule has 0 aliphatic carbocycles. The second-order valence-corrected chi connectivity index (χ2v) is 7.30. The number of nitrogens with zero attached hydrogens (tertiary/aromatic N) is 6. The first-order valence-corrected chi connectivity index (χ1v) is 10.2. The van der Waals surface area contributed by atoms with Crippen LogP contribution in [0.3, 0.4) is 0 Å². The number of aryl methyl sites for hydroxylation is 3. The molecule has 1 N–H and O–H groups in total. The van der Waals surface area contributed by atoms with Crippen molar-refractivity contribution in [3.63, 3.8) is 0 Å². The van der Waals surface area contributed by atoms with Gasteiger partial charge in [0.1, 0.15) is 5.76 Å². The van der Waals surface area contributed by atoms with E-state index in [9.17, 15) is 0 Å². The SMILES string of the molecule is CCc1nn(C)c(CC)c1CNC(=NC)N1CCN(Cc2cc(C)on2)CC1.I. The Balaban J connectivity index is 0.00000300. The van der Waals surface area contributed by atoms with Gasteiger partial charge in [-0.3, -0.25) is 14.6 Å². The Morgan fingerprint density at radius 2 is 1.93 bits per heavy atom. The van der Waals surface area contributed by atoms with Crippen LogP contribution in [0, 0.1) is 6.92 Å². The molecule has 0 spiro atoms. The van der Waals surface area contributed by atoms with Crippen LogP contribution in [0.4, 0.5) is 0 Å². The third kappa shape index (κ3) is 5.71. The van der Waals surface area contributed by atoms with Crippen LogP contribution in [0.1, 0.15) is 42.3 Å². The molecule has 1 fully saturated rings. The molecule has 3 rings (SSSR count). The lowest BCUT2D eigenvalue weighted by Gasteiger charge is -2.36. The Morgan fingerprint density at radius 3 is 2.48 bits per heavy atom. The molecular formula is C20H34IN7O. The van der Waals surface area contributed by atoms with Crippen molar-refractivity contribution in [1.82, 2.24) is 30.1 Å². The Hall–Kier alpha value is -1.62. The van der Waals surface area contributed by atoms with Gasteiger partial charge >= 0.3 is 0 Å². The standard InChI is InChI=1S/C20H33N7O.HI/c1-6-18-17(19(7-2)25(5)23-18)13-22-20(21-4)27-10-8-26(9-11-27)14-16-12-15(3)28-24-16;/h12H,6-11,13-14H2,1-5H3,(H,21,22);1H. The van der Waals surface area contributed by atoms with Gasteiger partial charge in [0.15, 0.2) is 5.96 Å². The van der Waals surface area contributed by atoms with E-state index in [-0.39, 0.29) is 24.0 Å². The number of piperazine rings is 1. The molecule has 162 valence electrons. The van der Waals surface area contributed by atoms with E-state index in [1.54, 1.807) is 0 Å². The summed E-state index contributed by atoms with van der Waals surface area (Å²) in [6, 6.07) is 2.01. The minimum absolute atomic E-state index is 0. The maximum Gasteiger partial charge on any atom is 0.194 e. The quantitative estimate of drug-likeness (QED) is 0.362. The maximum atomic E-state index is 5.17. The summed E-state index contributed by atoms with van der Waals surface area (Å²) in [5.41, 5.74) is 4.79. The second kappa shape index (κ2) is 11.0. The van der Waals surface area contributed by atoms with E-state index >= 15 is 0 Å². The van der Waals surface area contributed by atoms with E-state index in [0.717, 1.165) is 69.5 Å². The Kier molecular flexibility index (Phi) is 8.94. The van der Waals surface area contributed by atoms with Crippen molar-refractivity contribution in [2.75, 3.05) is 33.2 Å². The number of halogens is 1. The molecule has 0 saturated carbocycles. The zero-order chi connectivity index (χ0) is 20.1. The van der Waals surface area contributed by atoms with Crippen LogP contribution >= 0.6 is 24.0 Å². The highest BCUT2D eigenvalue weighted by atomic mass is 127. The van der Waals surface area contributed by atoms with Gasteiger partial charge in [0.05, 0.1) is 11.4 Å². The van der Waals surface area contributed by atoms with Gasteiger partial charge in [-0.25, -0.2) is 0 Å². The number of guanidine groups is 1. The predicted octanol–water partition coefficient (Wildman–Crippen LogP) is 2.35. The summed E-state index contributed by atoms with van der Waals surface area (Å²) in [6.45, 7) is 11.8. The van der Waals surface area contributed by atoms with Gasteiger partial charge in [0.25, 0.3) is 0 Å². The average Bonchev–Trinajstić information content (AvgIpc) is 3.25. The minimum Gasteiger partial charge on any atom is -0.361 e. The molecule has 0 unspecified atom stereocenters.